The van der Waals surface area contributed by atoms with Crippen LogP contribution >= 0.6 is 0 Å². The van der Waals surface area contributed by atoms with Crippen molar-refractivity contribution in [3.05, 3.63) is 63.6 Å². The summed E-state index contributed by atoms with van der Waals surface area (Å²) in [6.07, 6.45) is 11.1. The van der Waals surface area contributed by atoms with Crippen LogP contribution in [0.15, 0.2) is 51.2 Å². The summed E-state index contributed by atoms with van der Waals surface area (Å²) in [7, 11) is 6.31. The van der Waals surface area contributed by atoms with Gasteiger partial charge in [-0.3, -0.25) is 4.79 Å². The van der Waals surface area contributed by atoms with Crippen LogP contribution in [0.5, 0.6) is 17.2 Å². The Balaban J connectivity index is 2.27. The van der Waals surface area contributed by atoms with Crippen molar-refractivity contribution in [3.8, 4) is 17.2 Å². The van der Waals surface area contributed by atoms with E-state index in [1.807, 2.05) is 31.2 Å². The highest BCUT2D eigenvalue weighted by Gasteiger charge is 2.29. The summed E-state index contributed by atoms with van der Waals surface area (Å²) < 4.78 is 28.3. The van der Waals surface area contributed by atoms with E-state index in [9.17, 15) is 9.90 Å². The molecule has 0 saturated carbocycles. The number of benzene rings is 1. The van der Waals surface area contributed by atoms with Gasteiger partial charge in [0.2, 0.25) is 5.75 Å². The zero-order valence-electron chi connectivity index (χ0n) is 23.6. The third kappa shape index (κ3) is 7.05. The van der Waals surface area contributed by atoms with Crippen molar-refractivity contribution >= 4 is 11.0 Å². The summed E-state index contributed by atoms with van der Waals surface area (Å²) >= 11 is 0. The lowest BCUT2D eigenvalue weighted by atomic mass is 9.85. The first-order valence-electron chi connectivity index (χ1n) is 12.6. The van der Waals surface area contributed by atoms with Crippen LogP contribution in [0, 0.1) is 18.8 Å². The van der Waals surface area contributed by atoms with Crippen LogP contribution in [-0.4, -0.2) is 45.8 Å². The van der Waals surface area contributed by atoms with Crippen molar-refractivity contribution in [2.45, 2.75) is 59.7 Å². The average Bonchev–Trinajstić information content (AvgIpc) is 2.90. The van der Waals surface area contributed by atoms with E-state index in [1.165, 1.54) is 25.9 Å². The van der Waals surface area contributed by atoms with Crippen molar-refractivity contribution in [1.82, 2.24) is 0 Å². The first kappa shape index (κ1) is 30.2. The topological polar surface area (TPSA) is 87.4 Å². The molecule has 1 aromatic carbocycles. The van der Waals surface area contributed by atoms with Crippen molar-refractivity contribution in [1.29, 1.82) is 0 Å². The zero-order valence-corrected chi connectivity index (χ0v) is 23.6. The molecule has 2 rings (SSSR count). The number of phenols is 1. The molecule has 0 unspecified atom stereocenters. The van der Waals surface area contributed by atoms with Gasteiger partial charge in [0, 0.05) is 38.2 Å². The van der Waals surface area contributed by atoms with Crippen LogP contribution in [0.2, 0.25) is 0 Å². The van der Waals surface area contributed by atoms with E-state index in [0.29, 0.717) is 29.9 Å². The van der Waals surface area contributed by atoms with Crippen LogP contribution in [0.25, 0.3) is 11.0 Å². The van der Waals surface area contributed by atoms with Crippen LogP contribution in [0.3, 0.4) is 0 Å². The minimum Gasteiger partial charge on any atom is -0.502 e. The molecule has 0 amide bonds. The lowest BCUT2D eigenvalue weighted by molar-refractivity contribution is -0.0343. The molecule has 0 spiro atoms. The van der Waals surface area contributed by atoms with Gasteiger partial charge in [0.15, 0.2) is 16.8 Å². The summed E-state index contributed by atoms with van der Waals surface area (Å²) in [6, 6.07) is 1.48. The number of hydrogen-bond acceptors (Lipinski definition) is 7. The van der Waals surface area contributed by atoms with Gasteiger partial charge in [0.1, 0.15) is 16.9 Å². The van der Waals surface area contributed by atoms with Crippen molar-refractivity contribution in [2.75, 3.05) is 28.4 Å². The Morgan fingerprint density at radius 1 is 1.08 bits per heavy atom. The maximum absolute atomic E-state index is 13.2. The molecule has 0 aliphatic rings. The van der Waals surface area contributed by atoms with Gasteiger partial charge in [0.05, 0.1) is 26.4 Å². The summed E-state index contributed by atoms with van der Waals surface area (Å²) in [5, 5.41) is 10.8. The van der Waals surface area contributed by atoms with E-state index in [2.05, 4.69) is 26.8 Å². The molecule has 2 aromatic rings. The molecular formula is C30H42O7. The predicted molar refractivity (Wildman–Crippen MR) is 148 cm³/mol. The first-order chi connectivity index (χ1) is 17.6. The van der Waals surface area contributed by atoms with Gasteiger partial charge in [-0.25, -0.2) is 0 Å². The molecule has 1 N–H and O–H groups in total. The van der Waals surface area contributed by atoms with Gasteiger partial charge < -0.3 is 28.5 Å². The molecule has 0 bridgehead atoms. The summed E-state index contributed by atoms with van der Waals surface area (Å²) in [5.41, 5.74) is 1.51. The predicted octanol–water partition coefficient (Wildman–Crippen LogP) is 6.14. The Morgan fingerprint density at radius 2 is 1.76 bits per heavy atom. The number of fused-ring (bicyclic) bond motifs is 1. The van der Waals surface area contributed by atoms with E-state index >= 15 is 0 Å². The first-order valence-corrected chi connectivity index (χ1v) is 12.6. The second-order valence-electron chi connectivity index (χ2n) is 9.37. The largest absolute Gasteiger partial charge is 0.502 e. The average molecular weight is 515 g/mol. The highest BCUT2D eigenvalue weighted by Crippen LogP contribution is 2.40. The number of aromatic hydroxyl groups is 1. The number of rotatable bonds is 13. The third-order valence-electron chi connectivity index (χ3n) is 7.03. The normalized spacial score (nSPS) is 15.9. The van der Waals surface area contributed by atoms with Crippen LogP contribution in [0.4, 0.5) is 0 Å². The summed E-state index contributed by atoms with van der Waals surface area (Å²) in [5.74, 6) is 0.995. The molecule has 0 fully saturated rings. The molecule has 1 heterocycles. The smallest absolute Gasteiger partial charge is 0.202 e. The molecular weight excluding hydrogens is 472 g/mol. The molecule has 204 valence electrons. The molecule has 0 aliphatic carbocycles. The van der Waals surface area contributed by atoms with Crippen LogP contribution in [0.1, 0.15) is 45.4 Å². The SMILES string of the molecule is C/C=C(C)/C=C/C=C/[C@H](OC)[C@@H](C)[C@@H](OC)[C@H](C)CCc1oc2c(O)c(OC)cc(OC)c2c(=O)c1C. The van der Waals surface area contributed by atoms with Gasteiger partial charge in [-0.2, -0.15) is 0 Å². The maximum atomic E-state index is 13.2. The molecule has 1 aromatic heterocycles. The van der Waals surface area contributed by atoms with Crippen molar-refractivity contribution < 1.29 is 28.5 Å². The fourth-order valence-corrected chi connectivity index (χ4v) is 4.61. The maximum Gasteiger partial charge on any atom is 0.202 e. The van der Waals surface area contributed by atoms with Crippen molar-refractivity contribution in [3.63, 3.8) is 0 Å². The summed E-state index contributed by atoms with van der Waals surface area (Å²) in [6.45, 7) is 10.0. The van der Waals surface area contributed by atoms with Crippen molar-refractivity contribution in [2.24, 2.45) is 11.8 Å². The number of ether oxygens (including phenoxy) is 4. The molecule has 7 heteroatoms. The molecule has 0 radical (unpaired) electrons. The van der Waals surface area contributed by atoms with Gasteiger partial charge in [-0.05, 0) is 33.1 Å². The minimum atomic E-state index is -0.235. The van der Waals surface area contributed by atoms with E-state index in [0.717, 1.165) is 0 Å². The molecule has 0 saturated heterocycles. The van der Waals surface area contributed by atoms with Gasteiger partial charge >= 0.3 is 0 Å². The number of allylic oxidation sites excluding steroid dienone is 5. The van der Waals surface area contributed by atoms with Crippen LogP contribution in [-0.2, 0) is 15.9 Å². The number of methoxy groups -OCH3 is 4. The Morgan fingerprint density at radius 3 is 2.32 bits per heavy atom. The third-order valence-corrected chi connectivity index (χ3v) is 7.03. The van der Waals surface area contributed by atoms with E-state index < -0.39 is 0 Å². The number of hydrogen-bond donors (Lipinski definition) is 1. The second-order valence-corrected chi connectivity index (χ2v) is 9.37. The Hall–Kier alpha value is -3.03. The monoisotopic (exact) mass is 514 g/mol. The fourth-order valence-electron chi connectivity index (χ4n) is 4.61. The Kier molecular flexibility index (Phi) is 11.5. The van der Waals surface area contributed by atoms with Gasteiger partial charge in [-0.15, -0.1) is 0 Å². The summed E-state index contributed by atoms with van der Waals surface area (Å²) in [4.78, 5) is 13.2. The van der Waals surface area contributed by atoms with E-state index in [-0.39, 0.29) is 51.9 Å². The minimum absolute atomic E-state index is 0.0666. The number of phenolic OH excluding ortho intramolecular Hbond substituents is 1. The zero-order chi connectivity index (χ0) is 27.7. The quantitative estimate of drug-likeness (QED) is 0.321. The molecule has 4 atom stereocenters. The van der Waals surface area contributed by atoms with E-state index in [1.54, 1.807) is 21.1 Å². The Labute approximate surface area is 220 Å². The van der Waals surface area contributed by atoms with Gasteiger partial charge in [0.25, 0.3) is 0 Å². The van der Waals surface area contributed by atoms with Gasteiger partial charge in [-0.1, -0.05) is 49.8 Å². The highest BCUT2D eigenvalue weighted by molar-refractivity contribution is 5.91. The lowest BCUT2D eigenvalue weighted by Crippen LogP contribution is -2.36. The standard InChI is InChI=1S/C30H42O7/c1-10-18(2)13-11-12-14-22(33-6)21(5)29(36-9)19(3)15-16-23-20(4)27(31)26-24(34-7)17-25(35-8)28(32)30(26)37-23/h10-14,17,19,21-22,29,32H,15-16H2,1-9H3/b13-11+,14-12+,18-10+/t19-,21-,22+,29+/m1/s1. The van der Waals surface area contributed by atoms with E-state index in [4.69, 9.17) is 23.4 Å². The van der Waals surface area contributed by atoms with Crippen LogP contribution < -0.4 is 14.9 Å². The number of aryl methyl sites for hydroxylation is 1. The molecule has 0 aliphatic heterocycles. The second kappa shape index (κ2) is 14.1. The highest BCUT2D eigenvalue weighted by atomic mass is 16.5. The lowest BCUT2D eigenvalue weighted by Gasteiger charge is -2.32. The Bertz CT molecular complexity index is 1190. The molecule has 7 nitrogen and oxygen atoms in total. The fraction of sp³-hybridized carbons (Fsp3) is 0.500. The molecule has 37 heavy (non-hydrogen) atoms.